The molecule has 0 aromatic carbocycles. The molecular formula is C11H15N3. The Labute approximate surface area is 83.9 Å². The van der Waals surface area contributed by atoms with E-state index in [0.29, 0.717) is 12.1 Å². The molecule has 2 heterocycles. The van der Waals surface area contributed by atoms with Crippen molar-refractivity contribution in [1.82, 2.24) is 10.3 Å². The van der Waals surface area contributed by atoms with E-state index in [9.17, 15) is 0 Å². The van der Waals surface area contributed by atoms with Gasteiger partial charge < -0.3 is 10.6 Å². The van der Waals surface area contributed by atoms with Crippen molar-refractivity contribution in [2.45, 2.75) is 24.9 Å². The highest BCUT2D eigenvalue weighted by Gasteiger charge is 2.39. The standard InChI is InChI=1S/C11H15N3/c1-2-9(7-12-3-1)14-11-5-8-4-10(11)13-6-8/h1-3,7-8,10-11,13-14H,4-6H2/t8-,10+,11-/m1/s1. The number of rotatable bonds is 2. The maximum atomic E-state index is 4.11. The van der Waals surface area contributed by atoms with Crippen molar-refractivity contribution >= 4 is 5.69 Å². The molecule has 1 aliphatic heterocycles. The summed E-state index contributed by atoms with van der Waals surface area (Å²) in [6.45, 7) is 1.22. The van der Waals surface area contributed by atoms with Crippen molar-refractivity contribution in [3.8, 4) is 0 Å². The third-order valence-corrected chi connectivity index (χ3v) is 3.34. The summed E-state index contributed by atoms with van der Waals surface area (Å²) in [4.78, 5) is 4.11. The van der Waals surface area contributed by atoms with Crippen LogP contribution in [0.4, 0.5) is 5.69 Å². The van der Waals surface area contributed by atoms with Crippen LogP contribution in [0.3, 0.4) is 0 Å². The molecule has 2 fully saturated rings. The Bertz CT molecular complexity index is 312. The Balaban J connectivity index is 1.69. The van der Waals surface area contributed by atoms with Gasteiger partial charge in [-0.3, -0.25) is 4.98 Å². The third kappa shape index (κ3) is 1.38. The molecule has 0 radical (unpaired) electrons. The third-order valence-electron chi connectivity index (χ3n) is 3.34. The van der Waals surface area contributed by atoms with Gasteiger partial charge in [-0.05, 0) is 37.4 Å². The monoisotopic (exact) mass is 189 g/mol. The Hall–Kier alpha value is -1.09. The highest BCUT2D eigenvalue weighted by molar-refractivity contribution is 5.41. The summed E-state index contributed by atoms with van der Waals surface area (Å²) in [7, 11) is 0. The molecule has 1 aromatic heterocycles. The minimum atomic E-state index is 0.609. The topological polar surface area (TPSA) is 37.0 Å². The molecule has 14 heavy (non-hydrogen) atoms. The first-order chi connectivity index (χ1) is 6.92. The Morgan fingerprint density at radius 3 is 3.07 bits per heavy atom. The van der Waals surface area contributed by atoms with Crippen LogP contribution in [0.15, 0.2) is 24.5 Å². The molecule has 2 aliphatic rings. The second-order valence-electron chi connectivity index (χ2n) is 4.34. The predicted molar refractivity (Wildman–Crippen MR) is 56.2 cm³/mol. The predicted octanol–water partition coefficient (Wildman–Crippen LogP) is 1.24. The molecule has 0 spiro atoms. The summed E-state index contributed by atoms with van der Waals surface area (Å²) < 4.78 is 0. The summed E-state index contributed by atoms with van der Waals surface area (Å²) in [6, 6.07) is 5.35. The highest BCUT2D eigenvalue weighted by atomic mass is 15.1. The molecule has 0 unspecified atom stereocenters. The maximum absolute atomic E-state index is 4.11. The summed E-state index contributed by atoms with van der Waals surface area (Å²) in [6.07, 6.45) is 6.36. The van der Waals surface area contributed by atoms with Crippen LogP contribution in [0.1, 0.15) is 12.8 Å². The van der Waals surface area contributed by atoms with E-state index in [1.165, 1.54) is 19.4 Å². The highest BCUT2D eigenvalue weighted by Crippen LogP contribution is 2.32. The van der Waals surface area contributed by atoms with Gasteiger partial charge in [0.15, 0.2) is 0 Å². The molecule has 0 amide bonds. The number of aromatic nitrogens is 1. The Morgan fingerprint density at radius 1 is 1.43 bits per heavy atom. The zero-order valence-electron chi connectivity index (χ0n) is 8.11. The van der Waals surface area contributed by atoms with Crippen molar-refractivity contribution in [2.75, 3.05) is 11.9 Å². The van der Waals surface area contributed by atoms with Gasteiger partial charge in [-0.15, -0.1) is 0 Å². The van der Waals surface area contributed by atoms with Crippen LogP contribution in [0.2, 0.25) is 0 Å². The zero-order valence-corrected chi connectivity index (χ0v) is 8.11. The second-order valence-corrected chi connectivity index (χ2v) is 4.34. The number of pyridine rings is 1. The lowest BCUT2D eigenvalue weighted by Gasteiger charge is -2.24. The normalized spacial score (nSPS) is 34.7. The summed E-state index contributed by atoms with van der Waals surface area (Å²) in [5, 5.41) is 7.09. The van der Waals surface area contributed by atoms with E-state index in [1.54, 1.807) is 0 Å². The van der Waals surface area contributed by atoms with E-state index >= 15 is 0 Å². The fourth-order valence-corrected chi connectivity index (χ4v) is 2.68. The van der Waals surface area contributed by atoms with Gasteiger partial charge >= 0.3 is 0 Å². The first-order valence-electron chi connectivity index (χ1n) is 5.32. The average molecular weight is 189 g/mol. The lowest BCUT2D eigenvalue weighted by atomic mass is 10.1. The number of piperidine rings is 1. The van der Waals surface area contributed by atoms with Crippen molar-refractivity contribution in [3.05, 3.63) is 24.5 Å². The van der Waals surface area contributed by atoms with E-state index in [1.807, 2.05) is 18.5 Å². The van der Waals surface area contributed by atoms with Crippen molar-refractivity contribution in [1.29, 1.82) is 0 Å². The lowest BCUT2D eigenvalue weighted by Crippen LogP contribution is -2.41. The molecule has 3 rings (SSSR count). The van der Waals surface area contributed by atoms with E-state index < -0.39 is 0 Å². The fraction of sp³-hybridized carbons (Fsp3) is 0.545. The van der Waals surface area contributed by atoms with Gasteiger partial charge in [-0.2, -0.15) is 0 Å². The quantitative estimate of drug-likeness (QED) is 0.735. The lowest BCUT2D eigenvalue weighted by molar-refractivity contribution is 0.466. The number of nitrogens with one attached hydrogen (secondary N) is 2. The number of anilines is 1. The largest absolute Gasteiger partial charge is 0.379 e. The minimum Gasteiger partial charge on any atom is -0.379 e. The molecule has 2 N–H and O–H groups in total. The molecule has 1 saturated carbocycles. The number of fused-ring (bicyclic) bond motifs is 2. The maximum Gasteiger partial charge on any atom is 0.0529 e. The molecule has 2 bridgehead atoms. The minimum absolute atomic E-state index is 0.609. The summed E-state index contributed by atoms with van der Waals surface area (Å²) >= 11 is 0. The molecule has 3 atom stereocenters. The summed E-state index contributed by atoms with van der Waals surface area (Å²) in [5.41, 5.74) is 1.15. The van der Waals surface area contributed by atoms with Gasteiger partial charge in [-0.1, -0.05) is 0 Å². The van der Waals surface area contributed by atoms with Gasteiger partial charge in [0.1, 0.15) is 0 Å². The molecule has 74 valence electrons. The first-order valence-corrected chi connectivity index (χ1v) is 5.32. The van der Waals surface area contributed by atoms with Crippen LogP contribution in [0.25, 0.3) is 0 Å². The molecule has 1 aliphatic carbocycles. The van der Waals surface area contributed by atoms with Crippen LogP contribution in [0.5, 0.6) is 0 Å². The van der Waals surface area contributed by atoms with Crippen LogP contribution < -0.4 is 10.6 Å². The fourth-order valence-electron chi connectivity index (χ4n) is 2.68. The molecule has 1 saturated heterocycles. The summed E-state index contributed by atoms with van der Waals surface area (Å²) in [5.74, 6) is 0.897. The molecule has 3 nitrogen and oxygen atoms in total. The zero-order chi connectivity index (χ0) is 9.38. The van der Waals surface area contributed by atoms with Crippen LogP contribution in [-0.4, -0.2) is 23.6 Å². The Kier molecular flexibility index (Phi) is 1.91. The van der Waals surface area contributed by atoms with E-state index in [0.717, 1.165) is 11.6 Å². The first kappa shape index (κ1) is 8.24. The number of hydrogen-bond donors (Lipinski definition) is 2. The number of nitrogens with zero attached hydrogens (tertiary/aromatic N) is 1. The molecule has 3 heteroatoms. The molecule has 1 aromatic rings. The van der Waals surface area contributed by atoms with Gasteiger partial charge in [-0.25, -0.2) is 0 Å². The van der Waals surface area contributed by atoms with Gasteiger partial charge in [0.05, 0.1) is 5.69 Å². The van der Waals surface area contributed by atoms with Crippen LogP contribution >= 0.6 is 0 Å². The van der Waals surface area contributed by atoms with Crippen molar-refractivity contribution < 1.29 is 0 Å². The van der Waals surface area contributed by atoms with E-state index in [4.69, 9.17) is 0 Å². The van der Waals surface area contributed by atoms with Crippen molar-refractivity contribution in [2.24, 2.45) is 5.92 Å². The number of hydrogen-bond acceptors (Lipinski definition) is 3. The SMILES string of the molecule is c1cncc(N[C@@H]2C[C@@H]3CN[C@H]2C3)c1. The van der Waals surface area contributed by atoms with Crippen LogP contribution in [-0.2, 0) is 0 Å². The van der Waals surface area contributed by atoms with Gasteiger partial charge in [0.25, 0.3) is 0 Å². The molecular weight excluding hydrogens is 174 g/mol. The smallest absolute Gasteiger partial charge is 0.0529 e. The van der Waals surface area contributed by atoms with E-state index in [-0.39, 0.29) is 0 Å². The van der Waals surface area contributed by atoms with Gasteiger partial charge in [0.2, 0.25) is 0 Å². The van der Waals surface area contributed by atoms with Gasteiger partial charge in [0, 0.05) is 24.5 Å². The average Bonchev–Trinajstić information content (AvgIpc) is 2.81. The van der Waals surface area contributed by atoms with Crippen LogP contribution in [0, 0.1) is 5.92 Å². The Morgan fingerprint density at radius 2 is 2.43 bits per heavy atom. The van der Waals surface area contributed by atoms with Crippen molar-refractivity contribution in [3.63, 3.8) is 0 Å². The second kappa shape index (κ2) is 3.24. The van der Waals surface area contributed by atoms with E-state index in [2.05, 4.69) is 21.7 Å².